The maximum absolute atomic E-state index is 12.8. The van der Waals surface area contributed by atoms with E-state index in [9.17, 15) is 18.0 Å². The van der Waals surface area contributed by atoms with Crippen LogP contribution in [-0.2, 0) is 6.18 Å². The molecule has 0 aliphatic carbocycles. The zero-order valence-corrected chi connectivity index (χ0v) is 12.9. The Morgan fingerprint density at radius 1 is 1.16 bits per heavy atom. The zero-order chi connectivity index (χ0) is 17.6. The molecule has 2 fully saturated rings. The third-order valence-electron chi connectivity index (χ3n) is 4.61. The first-order valence-electron chi connectivity index (χ1n) is 7.71. The van der Waals surface area contributed by atoms with Crippen LogP contribution in [0.25, 0.3) is 0 Å². The van der Waals surface area contributed by atoms with E-state index in [-0.39, 0.29) is 29.5 Å². The summed E-state index contributed by atoms with van der Waals surface area (Å²) < 4.78 is 38.4. The van der Waals surface area contributed by atoms with E-state index in [1.165, 1.54) is 6.33 Å². The summed E-state index contributed by atoms with van der Waals surface area (Å²) >= 11 is 0. The van der Waals surface area contributed by atoms with Crippen molar-refractivity contribution in [3.63, 3.8) is 0 Å². The smallest absolute Gasteiger partial charge is 0.340 e. The monoisotopic (exact) mass is 353 g/mol. The number of alkyl halides is 3. The van der Waals surface area contributed by atoms with Gasteiger partial charge in [-0.1, -0.05) is 0 Å². The first-order chi connectivity index (χ1) is 11.9. The molecule has 4 rings (SSSR count). The maximum Gasteiger partial charge on any atom is 0.433 e. The highest BCUT2D eigenvalue weighted by Gasteiger charge is 2.43. The molecule has 1 amide bonds. The second-order valence-corrected chi connectivity index (χ2v) is 6.21. The topological polar surface area (TPSA) is 90.9 Å². The zero-order valence-electron chi connectivity index (χ0n) is 12.9. The summed E-state index contributed by atoms with van der Waals surface area (Å²) in [4.78, 5) is 27.2. The fourth-order valence-corrected chi connectivity index (χ4v) is 3.44. The van der Waals surface area contributed by atoms with Crippen LogP contribution in [0.1, 0.15) is 16.3 Å². The van der Waals surface area contributed by atoms with Gasteiger partial charge in [0.1, 0.15) is 12.0 Å². The second-order valence-electron chi connectivity index (χ2n) is 6.21. The molecule has 25 heavy (non-hydrogen) atoms. The largest absolute Gasteiger partial charge is 0.433 e. The molecule has 0 bridgehead atoms. The number of nitrogens with zero attached hydrogens (tertiary/aromatic N) is 6. The van der Waals surface area contributed by atoms with Crippen molar-refractivity contribution in [1.82, 2.24) is 30.0 Å². The molecule has 2 atom stereocenters. The van der Waals surface area contributed by atoms with E-state index in [1.807, 2.05) is 0 Å². The van der Waals surface area contributed by atoms with Gasteiger partial charge in [-0.15, -0.1) is 0 Å². The lowest BCUT2D eigenvalue weighted by atomic mass is 10.0. The Morgan fingerprint density at radius 2 is 1.88 bits per heavy atom. The molecule has 0 radical (unpaired) electrons. The fraction of sp³-hybridized carbons (Fsp3) is 0.500. The fourth-order valence-electron chi connectivity index (χ4n) is 3.44. The number of H-pyrrole nitrogens is 1. The van der Waals surface area contributed by atoms with Crippen molar-refractivity contribution in [3.05, 3.63) is 30.1 Å². The van der Waals surface area contributed by atoms with Crippen molar-refractivity contribution in [2.45, 2.75) is 6.18 Å². The molecule has 4 heterocycles. The van der Waals surface area contributed by atoms with Gasteiger partial charge in [0, 0.05) is 44.2 Å². The van der Waals surface area contributed by atoms with Crippen molar-refractivity contribution in [2.24, 2.45) is 11.8 Å². The number of anilines is 1. The Bertz CT molecular complexity index is 765. The Morgan fingerprint density at radius 3 is 2.48 bits per heavy atom. The summed E-state index contributed by atoms with van der Waals surface area (Å²) in [6.07, 6.45) is -2.09. The first-order valence-corrected chi connectivity index (χ1v) is 7.71. The van der Waals surface area contributed by atoms with Gasteiger partial charge in [-0.3, -0.25) is 9.89 Å². The van der Waals surface area contributed by atoms with E-state index in [0.717, 1.165) is 12.3 Å². The van der Waals surface area contributed by atoms with Gasteiger partial charge in [0.05, 0.1) is 0 Å². The molecule has 2 unspecified atom stereocenters. The van der Waals surface area contributed by atoms with Crippen molar-refractivity contribution >= 4 is 11.9 Å². The molecule has 1 N–H and O–H groups in total. The van der Waals surface area contributed by atoms with Crippen LogP contribution < -0.4 is 4.90 Å². The highest BCUT2D eigenvalue weighted by molar-refractivity contribution is 5.90. The van der Waals surface area contributed by atoms with Gasteiger partial charge in [0.15, 0.2) is 0 Å². The number of likely N-dealkylation sites (tertiary alicyclic amines) is 1. The molecule has 11 heteroatoms. The first kappa shape index (κ1) is 15.8. The van der Waals surface area contributed by atoms with Gasteiger partial charge in [-0.25, -0.2) is 15.0 Å². The van der Waals surface area contributed by atoms with E-state index < -0.39 is 11.9 Å². The molecular weight excluding hydrogens is 339 g/mol. The number of nitrogens with one attached hydrogen (secondary N) is 1. The van der Waals surface area contributed by atoms with E-state index in [1.54, 1.807) is 9.80 Å². The number of carbonyl (C=O) groups excluding carboxylic acids is 1. The number of hydrogen-bond acceptors (Lipinski definition) is 6. The third kappa shape index (κ3) is 2.89. The standard InChI is InChI=1S/C14H14F3N7O/c15-14(16,17)10-1-2-18-13(21-10)24-5-8-3-23(4-9(8)6-24)12(25)11-19-7-20-22-11/h1-2,7-9H,3-6H2,(H,19,20,22). The van der Waals surface area contributed by atoms with Gasteiger partial charge in [0.25, 0.3) is 5.91 Å². The summed E-state index contributed by atoms with van der Waals surface area (Å²) in [5, 5.41) is 6.21. The minimum Gasteiger partial charge on any atom is -0.340 e. The number of rotatable bonds is 2. The van der Waals surface area contributed by atoms with Crippen LogP contribution in [0.2, 0.25) is 0 Å². The highest BCUT2D eigenvalue weighted by Crippen LogP contribution is 2.34. The Labute approximate surface area is 140 Å². The van der Waals surface area contributed by atoms with E-state index in [0.29, 0.717) is 26.2 Å². The lowest BCUT2D eigenvalue weighted by molar-refractivity contribution is -0.141. The highest BCUT2D eigenvalue weighted by atomic mass is 19.4. The van der Waals surface area contributed by atoms with Crippen molar-refractivity contribution in [3.8, 4) is 0 Å². The molecule has 2 aliphatic rings. The average Bonchev–Trinajstić information content (AvgIpc) is 3.29. The minimum absolute atomic E-state index is 0.0809. The van der Waals surface area contributed by atoms with Gasteiger partial charge < -0.3 is 9.80 Å². The lowest BCUT2D eigenvalue weighted by Crippen LogP contribution is -2.34. The summed E-state index contributed by atoms with van der Waals surface area (Å²) in [5.74, 6) is 0.402. The molecule has 0 aromatic carbocycles. The minimum atomic E-state index is -4.49. The number of hydrogen-bond donors (Lipinski definition) is 1. The lowest BCUT2D eigenvalue weighted by Gasteiger charge is -2.21. The van der Waals surface area contributed by atoms with Crippen LogP contribution in [0.3, 0.4) is 0 Å². The average molecular weight is 353 g/mol. The second kappa shape index (κ2) is 5.67. The number of fused-ring (bicyclic) bond motifs is 1. The molecule has 0 saturated carbocycles. The number of carbonyl (C=O) groups is 1. The van der Waals surface area contributed by atoms with Crippen molar-refractivity contribution in [1.29, 1.82) is 0 Å². The molecule has 2 saturated heterocycles. The van der Waals surface area contributed by atoms with Crippen molar-refractivity contribution in [2.75, 3.05) is 31.1 Å². The maximum atomic E-state index is 12.8. The molecule has 2 aliphatic heterocycles. The number of halogens is 3. The summed E-state index contributed by atoms with van der Waals surface area (Å²) in [6, 6.07) is 0.859. The molecule has 2 aromatic rings. The van der Waals surface area contributed by atoms with Crippen molar-refractivity contribution < 1.29 is 18.0 Å². The third-order valence-corrected chi connectivity index (χ3v) is 4.61. The van der Waals surface area contributed by atoms with Gasteiger partial charge >= 0.3 is 6.18 Å². The molecule has 0 spiro atoms. The Hall–Kier alpha value is -2.72. The number of amides is 1. The van der Waals surface area contributed by atoms with Crippen LogP contribution >= 0.6 is 0 Å². The number of aromatic nitrogens is 5. The SMILES string of the molecule is O=C(c1ncn[nH]1)N1CC2CN(c3nccc(C(F)(F)F)n3)CC2C1. The predicted octanol–water partition coefficient (Wildman–Crippen LogP) is 0.822. The molecule has 2 aromatic heterocycles. The van der Waals surface area contributed by atoms with E-state index in [2.05, 4.69) is 25.1 Å². The van der Waals surface area contributed by atoms with Crippen LogP contribution in [0, 0.1) is 11.8 Å². The Kier molecular flexibility index (Phi) is 3.58. The van der Waals surface area contributed by atoms with Gasteiger partial charge in [-0.05, 0) is 6.07 Å². The van der Waals surface area contributed by atoms with Crippen LogP contribution in [0.5, 0.6) is 0 Å². The normalized spacial score (nSPS) is 23.2. The number of aromatic amines is 1. The summed E-state index contributed by atoms with van der Waals surface area (Å²) in [7, 11) is 0. The predicted molar refractivity (Wildman–Crippen MR) is 78.5 cm³/mol. The quantitative estimate of drug-likeness (QED) is 0.860. The summed E-state index contributed by atoms with van der Waals surface area (Å²) in [5.41, 5.74) is -0.948. The van der Waals surface area contributed by atoms with Gasteiger partial charge in [-0.2, -0.15) is 18.3 Å². The van der Waals surface area contributed by atoms with Crippen LogP contribution in [0.4, 0.5) is 19.1 Å². The Balaban J connectivity index is 1.44. The van der Waals surface area contributed by atoms with Crippen LogP contribution in [0.15, 0.2) is 18.6 Å². The van der Waals surface area contributed by atoms with Crippen LogP contribution in [-0.4, -0.2) is 62.1 Å². The van der Waals surface area contributed by atoms with E-state index in [4.69, 9.17) is 0 Å². The molecular formula is C14H14F3N7O. The molecule has 8 nitrogen and oxygen atoms in total. The van der Waals surface area contributed by atoms with Gasteiger partial charge in [0.2, 0.25) is 11.8 Å². The summed E-state index contributed by atoms with van der Waals surface area (Å²) in [6.45, 7) is 2.09. The van der Waals surface area contributed by atoms with E-state index >= 15 is 0 Å². The molecule has 132 valence electrons.